The third-order valence-corrected chi connectivity index (χ3v) is 4.10. The topological polar surface area (TPSA) is 80.3 Å². The Balaban J connectivity index is 1.91. The summed E-state index contributed by atoms with van der Waals surface area (Å²) in [6, 6.07) is 3.40. The van der Waals surface area contributed by atoms with Crippen LogP contribution in [0.4, 0.5) is 0 Å². The van der Waals surface area contributed by atoms with Gasteiger partial charge in [0.1, 0.15) is 11.7 Å². The van der Waals surface area contributed by atoms with Crippen molar-refractivity contribution in [3.05, 3.63) is 23.9 Å². The van der Waals surface area contributed by atoms with Crippen molar-refractivity contribution in [3.8, 4) is 5.88 Å². The molecule has 21 heavy (non-hydrogen) atoms. The van der Waals surface area contributed by atoms with Gasteiger partial charge in [0.25, 0.3) is 5.91 Å². The SMILES string of the molecule is CC(=O)NCCNC(=O)c1cccnc1OC1CCSC1. The van der Waals surface area contributed by atoms with Crippen molar-refractivity contribution in [2.24, 2.45) is 0 Å². The Kier molecular flexibility index (Phi) is 5.86. The number of ether oxygens (including phenoxy) is 1. The van der Waals surface area contributed by atoms with Gasteiger partial charge in [-0.3, -0.25) is 9.59 Å². The highest BCUT2D eigenvalue weighted by Gasteiger charge is 2.21. The van der Waals surface area contributed by atoms with E-state index in [1.807, 2.05) is 11.8 Å². The van der Waals surface area contributed by atoms with Crippen LogP contribution in [-0.2, 0) is 4.79 Å². The molecule has 2 N–H and O–H groups in total. The largest absolute Gasteiger partial charge is 0.473 e. The zero-order valence-electron chi connectivity index (χ0n) is 11.9. The number of thioether (sulfide) groups is 1. The predicted molar refractivity (Wildman–Crippen MR) is 81.6 cm³/mol. The highest BCUT2D eigenvalue weighted by Crippen LogP contribution is 2.24. The Morgan fingerprint density at radius 1 is 1.43 bits per heavy atom. The van der Waals surface area contributed by atoms with Crippen LogP contribution in [0.15, 0.2) is 18.3 Å². The Morgan fingerprint density at radius 3 is 2.95 bits per heavy atom. The minimum absolute atomic E-state index is 0.117. The van der Waals surface area contributed by atoms with Gasteiger partial charge in [0, 0.05) is 32.0 Å². The van der Waals surface area contributed by atoms with Gasteiger partial charge in [-0.2, -0.15) is 11.8 Å². The van der Waals surface area contributed by atoms with Crippen molar-refractivity contribution in [3.63, 3.8) is 0 Å². The first-order valence-corrected chi connectivity index (χ1v) is 8.04. The molecule has 0 spiro atoms. The molecule has 1 unspecified atom stereocenters. The van der Waals surface area contributed by atoms with Crippen LogP contribution in [0.2, 0.25) is 0 Å². The smallest absolute Gasteiger partial charge is 0.256 e. The van der Waals surface area contributed by atoms with Gasteiger partial charge in [0.05, 0.1) is 0 Å². The lowest BCUT2D eigenvalue weighted by Crippen LogP contribution is -2.34. The van der Waals surface area contributed by atoms with Gasteiger partial charge in [-0.05, 0) is 24.3 Å². The van der Waals surface area contributed by atoms with Crippen LogP contribution >= 0.6 is 11.8 Å². The fourth-order valence-electron chi connectivity index (χ4n) is 1.93. The standard InChI is InChI=1S/C14H19N3O3S/c1-10(18)15-6-7-16-13(19)12-3-2-5-17-14(12)20-11-4-8-21-9-11/h2-3,5,11H,4,6-9H2,1H3,(H,15,18)(H,16,19). The predicted octanol–water partition coefficient (Wildman–Crippen LogP) is 0.832. The third kappa shape index (κ3) is 4.93. The fourth-order valence-corrected chi connectivity index (χ4v) is 3.02. The second-order valence-corrected chi connectivity index (χ2v) is 5.85. The number of hydrogen-bond donors (Lipinski definition) is 2. The minimum atomic E-state index is -0.242. The van der Waals surface area contributed by atoms with Crippen LogP contribution in [0.25, 0.3) is 0 Å². The van der Waals surface area contributed by atoms with E-state index in [1.54, 1.807) is 18.3 Å². The van der Waals surface area contributed by atoms with Crippen LogP contribution in [0, 0.1) is 0 Å². The average molecular weight is 309 g/mol. The second-order valence-electron chi connectivity index (χ2n) is 4.70. The van der Waals surface area contributed by atoms with Crippen molar-refractivity contribution in [1.29, 1.82) is 0 Å². The molecule has 1 atom stereocenters. The van der Waals surface area contributed by atoms with E-state index in [9.17, 15) is 9.59 Å². The molecule has 7 heteroatoms. The molecule has 2 heterocycles. The van der Waals surface area contributed by atoms with Gasteiger partial charge >= 0.3 is 0 Å². The molecular formula is C14H19N3O3S. The zero-order chi connectivity index (χ0) is 15.1. The quantitative estimate of drug-likeness (QED) is 0.761. The van der Waals surface area contributed by atoms with E-state index >= 15 is 0 Å². The van der Waals surface area contributed by atoms with Crippen molar-refractivity contribution in [2.75, 3.05) is 24.6 Å². The summed E-state index contributed by atoms with van der Waals surface area (Å²) < 4.78 is 5.81. The molecule has 0 saturated carbocycles. The Labute approximate surface area is 128 Å². The van der Waals surface area contributed by atoms with Gasteiger partial charge < -0.3 is 15.4 Å². The van der Waals surface area contributed by atoms with Gasteiger partial charge in [-0.25, -0.2) is 4.98 Å². The Bertz CT molecular complexity index is 504. The number of rotatable bonds is 6. The van der Waals surface area contributed by atoms with Gasteiger partial charge in [0.2, 0.25) is 11.8 Å². The van der Waals surface area contributed by atoms with Crippen LogP contribution < -0.4 is 15.4 Å². The van der Waals surface area contributed by atoms with E-state index in [2.05, 4.69) is 15.6 Å². The van der Waals surface area contributed by atoms with Crippen molar-refractivity contribution in [2.45, 2.75) is 19.4 Å². The first-order chi connectivity index (χ1) is 10.2. The molecule has 6 nitrogen and oxygen atoms in total. The summed E-state index contributed by atoms with van der Waals surface area (Å²) in [7, 11) is 0. The zero-order valence-corrected chi connectivity index (χ0v) is 12.7. The first kappa shape index (κ1) is 15.6. The summed E-state index contributed by atoms with van der Waals surface area (Å²) in [5.41, 5.74) is 0.428. The van der Waals surface area contributed by atoms with E-state index in [0.717, 1.165) is 17.9 Å². The minimum Gasteiger partial charge on any atom is -0.473 e. The van der Waals surface area contributed by atoms with Crippen molar-refractivity contribution in [1.82, 2.24) is 15.6 Å². The summed E-state index contributed by atoms with van der Waals surface area (Å²) in [4.78, 5) is 27.0. The maximum Gasteiger partial charge on any atom is 0.256 e. The molecule has 0 bridgehead atoms. The summed E-state index contributed by atoms with van der Waals surface area (Å²) in [5.74, 6) is 2.03. The normalized spacial score (nSPS) is 17.3. The second kappa shape index (κ2) is 7.87. The molecule has 1 saturated heterocycles. The lowest BCUT2D eigenvalue weighted by Gasteiger charge is -2.14. The van der Waals surface area contributed by atoms with Crippen molar-refractivity contribution < 1.29 is 14.3 Å². The number of aromatic nitrogens is 1. The molecule has 2 rings (SSSR count). The van der Waals surface area contributed by atoms with Gasteiger partial charge in [0.15, 0.2) is 0 Å². The highest BCUT2D eigenvalue weighted by molar-refractivity contribution is 7.99. The van der Waals surface area contributed by atoms with E-state index in [-0.39, 0.29) is 17.9 Å². The molecular weight excluding hydrogens is 290 g/mol. The van der Waals surface area contributed by atoms with Crippen LogP contribution in [0.5, 0.6) is 5.88 Å². The summed E-state index contributed by atoms with van der Waals surface area (Å²) in [6.45, 7) is 2.21. The molecule has 0 aliphatic carbocycles. The molecule has 1 fully saturated rings. The molecule has 1 aromatic rings. The van der Waals surface area contributed by atoms with Crippen LogP contribution in [0.3, 0.4) is 0 Å². The number of hydrogen-bond acceptors (Lipinski definition) is 5. The highest BCUT2D eigenvalue weighted by atomic mass is 32.2. The molecule has 1 aliphatic heterocycles. The maximum atomic E-state index is 12.1. The number of nitrogens with zero attached hydrogens (tertiary/aromatic N) is 1. The number of carbonyl (C=O) groups excluding carboxylic acids is 2. The Hall–Kier alpha value is -1.76. The molecule has 2 amide bonds. The van der Waals surface area contributed by atoms with Crippen molar-refractivity contribution >= 4 is 23.6 Å². The van der Waals surface area contributed by atoms with E-state index in [4.69, 9.17) is 4.74 Å². The summed E-state index contributed by atoms with van der Waals surface area (Å²) in [6.07, 6.45) is 2.71. The number of carbonyl (C=O) groups is 2. The monoisotopic (exact) mass is 309 g/mol. The summed E-state index contributed by atoms with van der Waals surface area (Å²) in [5, 5.41) is 5.36. The fraction of sp³-hybridized carbons (Fsp3) is 0.500. The van der Waals surface area contributed by atoms with E-state index < -0.39 is 0 Å². The molecule has 1 aliphatic rings. The molecule has 1 aromatic heterocycles. The lowest BCUT2D eigenvalue weighted by atomic mass is 10.2. The third-order valence-electron chi connectivity index (χ3n) is 2.97. The first-order valence-electron chi connectivity index (χ1n) is 6.89. The average Bonchev–Trinajstić information content (AvgIpc) is 2.97. The lowest BCUT2D eigenvalue weighted by molar-refractivity contribution is -0.118. The molecule has 0 radical (unpaired) electrons. The van der Waals surface area contributed by atoms with Gasteiger partial charge in [-0.15, -0.1) is 0 Å². The van der Waals surface area contributed by atoms with E-state index in [0.29, 0.717) is 24.5 Å². The molecule has 114 valence electrons. The molecule has 0 aromatic carbocycles. The summed E-state index contributed by atoms with van der Waals surface area (Å²) >= 11 is 1.84. The van der Waals surface area contributed by atoms with Crippen LogP contribution in [0.1, 0.15) is 23.7 Å². The number of nitrogens with one attached hydrogen (secondary N) is 2. The van der Waals surface area contributed by atoms with Crippen LogP contribution in [-0.4, -0.2) is 47.5 Å². The van der Waals surface area contributed by atoms with Gasteiger partial charge in [-0.1, -0.05) is 0 Å². The Morgan fingerprint density at radius 2 is 2.24 bits per heavy atom. The van der Waals surface area contributed by atoms with E-state index in [1.165, 1.54) is 6.92 Å². The maximum absolute atomic E-state index is 12.1. The number of pyridine rings is 1. The number of amides is 2.